The lowest BCUT2D eigenvalue weighted by molar-refractivity contribution is 0.957. The van der Waals surface area contributed by atoms with E-state index in [0.717, 1.165) is 28.2 Å². The molecule has 2 heterocycles. The molecule has 0 aliphatic heterocycles. The minimum Gasteiger partial charge on any atom is -0.369 e. The Morgan fingerprint density at radius 2 is 2.14 bits per heavy atom. The van der Waals surface area contributed by atoms with E-state index in [1.807, 2.05) is 41.9 Å². The largest absolute Gasteiger partial charge is 0.369 e. The van der Waals surface area contributed by atoms with E-state index in [1.165, 1.54) is 0 Å². The summed E-state index contributed by atoms with van der Waals surface area (Å²) in [5.41, 5.74) is 8.36. The van der Waals surface area contributed by atoms with Crippen LogP contribution in [0.5, 0.6) is 0 Å². The third-order valence-corrected chi connectivity index (χ3v) is 3.64. The molecule has 0 saturated carbocycles. The number of fused-ring (bicyclic) bond motifs is 1. The molecule has 0 spiro atoms. The quantitative estimate of drug-likeness (QED) is 0.777. The number of imidazole rings is 1. The molecule has 21 heavy (non-hydrogen) atoms. The van der Waals surface area contributed by atoms with E-state index in [4.69, 9.17) is 17.3 Å². The van der Waals surface area contributed by atoms with Crippen molar-refractivity contribution in [2.45, 2.75) is 0 Å². The molecule has 3 rings (SSSR count). The molecule has 0 aliphatic rings. The van der Waals surface area contributed by atoms with Crippen molar-refractivity contribution in [2.75, 3.05) is 18.4 Å². The highest BCUT2D eigenvalue weighted by Gasteiger charge is 2.13. The fourth-order valence-corrected chi connectivity index (χ4v) is 2.48. The second-order valence-electron chi connectivity index (χ2n) is 4.75. The zero-order valence-corrected chi connectivity index (χ0v) is 12.4. The number of nitrogens with zero attached hydrogens (tertiary/aromatic N) is 3. The van der Waals surface area contributed by atoms with E-state index in [-0.39, 0.29) is 0 Å². The fraction of sp³-hybridized carbons (Fsp3) is 0.200. The zero-order valence-electron chi connectivity index (χ0n) is 11.7. The van der Waals surface area contributed by atoms with Crippen molar-refractivity contribution in [3.05, 3.63) is 41.6 Å². The summed E-state index contributed by atoms with van der Waals surface area (Å²) < 4.78 is 2.03. The number of hydrogen-bond donors (Lipinski definition) is 2. The SMILES string of the molecule is Cn1c(-c2cc(NCCN)ncc2Cl)nc2ccccc21. The number of aromatic nitrogens is 3. The molecule has 3 aromatic rings. The van der Waals surface area contributed by atoms with Crippen LogP contribution >= 0.6 is 11.6 Å². The first-order valence-electron chi connectivity index (χ1n) is 6.72. The van der Waals surface area contributed by atoms with Crippen LogP contribution in [-0.2, 0) is 7.05 Å². The molecule has 0 aliphatic carbocycles. The second-order valence-corrected chi connectivity index (χ2v) is 5.16. The van der Waals surface area contributed by atoms with Crippen LogP contribution in [0.1, 0.15) is 0 Å². The van der Waals surface area contributed by atoms with Gasteiger partial charge in [0.05, 0.1) is 16.1 Å². The van der Waals surface area contributed by atoms with Gasteiger partial charge in [-0.2, -0.15) is 0 Å². The molecule has 2 aromatic heterocycles. The highest BCUT2D eigenvalue weighted by Crippen LogP contribution is 2.30. The molecule has 108 valence electrons. The number of nitrogens with one attached hydrogen (secondary N) is 1. The van der Waals surface area contributed by atoms with Gasteiger partial charge in [0.15, 0.2) is 0 Å². The van der Waals surface area contributed by atoms with Gasteiger partial charge in [0, 0.05) is 31.9 Å². The van der Waals surface area contributed by atoms with Crippen molar-refractivity contribution in [2.24, 2.45) is 12.8 Å². The predicted molar refractivity (Wildman–Crippen MR) is 86.5 cm³/mol. The summed E-state index contributed by atoms with van der Waals surface area (Å²) in [5, 5.41) is 3.73. The van der Waals surface area contributed by atoms with Crippen LogP contribution in [-0.4, -0.2) is 27.6 Å². The first-order chi connectivity index (χ1) is 10.2. The summed E-state index contributed by atoms with van der Waals surface area (Å²) in [5.74, 6) is 1.56. The third kappa shape index (κ3) is 2.57. The average molecular weight is 302 g/mol. The highest BCUT2D eigenvalue weighted by atomic mass is 35.5. The number of para-hydroxylation sites is 2. The molecule has 0 amide bonds. The number of benzene rings is 1. The van der Waals surface area contributed by atoms with Gasteiger partial charge in [-0.3, -0.25) is 0 Å². The van der Waals surface area contributed by atoms with E-state index in [2.05, 4.69) is 15.3 Å². The minimum atomic E-state index is 0.548. The van der Waals surface area contributed by atoms with Gasteiger partial charge in [0.1, 0.15) is 11.6 Å². The Bertz CT molecular complexity index is 781. The van der Waals surface area contributed by atoms with E-state index in [1.54, 1.807) is 6.20 Å². The summed E-state index contributed by atoms with van der Waals surface area (Å²) in [6.07, 6.45) is 1.63. The monoisotopic (exact) mass is 301 g/mol. The second kappa shape index (κ2) is 5.71. The number of pyridine rings is 1. The molecule has 5 nitrogen and oxygen atoms in total. The van der Waals surface area contributed by atoms with Gasteiger partial charge in [-0.05, 0) is 18.2 Å². The predicted octanol–water partition coefficient (Wildman–Crippen LogP) is 2.66. The van der Waals surface area contributed by atoms with Crippen LogP contribution in [0.15, 0.2) is 36.5 Å². The number of rotatable bonds is 4. The van der Waals surface area contributed by atoms with Gasteiger partial charge in [0.25, 0.3) is 0 Å². The molecule has 0 atom stereocenters. The summed E-state index contributed by atoms with van der Waals surface area (Å²) in [6.45, 7) is 1.21. The van der Waals surface area contributed by atoms with Gasteiger partial charge in [-0.25, -0.2) is 9.97 Å². The van der Waals surface area contributed by atoms with Gasteiger partial charge < -0.3 is 15.6 Å². The molecule has 3 N–H and O–H groups in total. The summed E-state index contributed by atoms with van der Waals surface area (Å²) in [6, 6.07) is 9.90. The van der Waals surface area contributed by atoms with Gasteiger partial charge in [0.2, 0.25) is 0 Å². The van der Waals surface area contributed by atoms with Crippen molar-refractivity contribution < 1.29 is 0 Å². The summed E-state index contributed by atoms with van der Waals surface area (Å²) >= 11 is 6.30. The molecular formula is C15H16ClN5. The van der Waals surface area contributed by atoms with Crippen molar-refractivity contribution in [1.82, 2.24) is 14.5 Å². The van der Waals surface area contributed by atoms with Crippen LogP contribution < -0.4 is 11.1 Å². The van der Waals surface area contributed by atoms with Crippen molar-refractivity contribution in [1.29, 1.82) is 0 Å². The molecule has 6 heteroatoms. The lowest BCUT2D eigenvalue weighted by atomic mass is 10.2. The Hall–Kier alpha value is -2.11. The van der Waals surface area contributed by atoms with Crippen molar-refractivity contribution >= 4 is 28.5 Å². The molecule has 0 fully saturated rings. The van der Waals surface area contributed by atoms with Gasteiger partial charge in [-0.15, -0.1) is 0 Å². The van der Waals surface area contributed by atoms with Gasteiger partial charge >= 0.3 is 0 Å². The van der Waals surface area contributed by atoms with E-state index in [9.17, 15) is 0 Å². The number of nitrogens with two attached hydrogens (primary N) is 1. The summed E-state index contributed by atoms with van der Waals surface area (Å²) in [4.78, 5) is 8.91. The minimum absolute atomic E-state index is 0.548. The molecule has 0 unspecified atom stereocenters. The Labute approximate surface area is 127 Å². The normalized spacial score (nSPS) is 11.0. The van der Waals surface area contributed by atoms with Gasteiger partial charge in [-0.1, -0.05) is 23.7 Å². The lowest BCUT2D eigenvalue weighted by Gasteiger charge is -2.08. The maximum Gasteiger partial charge on any atom is 0.142 e. The smallest absolute Gasteiger partial charge is 0.142 e. The number of aryl methyl sites for hydroxylation is 1. The van der Waals surface area contributed by atoms with E-state index < -0.39 is 0 Å². The Morgan fingerprint density at radius 1 is 1.33 bits per heavy atom. The fourth-order valence-electron chi connectivity index (χ4n) is 2.29. The third-order valence-electron chi connectivity index (χ3n) is 3.33. The van der Waals surface area contributed by atoms with Crippen molar-refractivity contribution in [3.63, 3.8) is 0 Å². The van der Waals surface area contributed by atoms with Crippen LogP contribution in [0.2, 0.25) is 5.02 Å². The molecule has 0 saturated heterocycles. The Balaban J connectivity index is 2.11. The average Bonchev–Trinajstić information content (AvgIpc) is 2.84. The summed E-state index contributed by atoms with van der Waals surface area (Å²) in [7, 11) is 1.98. The zero-order chi connectivity index (χ0) is 14.8. The highest BCUT2D eigenvalue weighted by molar-refractivity contribution is 6.33. The van der Waals surface area contributed by atoms with Crippen LogP contribution in [0.25, 0.3) is 22.4 Å². The Morgan fingerprint density at radius 3 is 2.90 bits per heavy atom. The van der Waals surface area contributed by atoms with Crippen molar-refractivity contribution in [3.8, 4) is 11.4 Å². The van der Waals surface area contributed by atoms with Crippen LogP contribution in [0.4, 0.5) is 5.82 Å². The van der Waals surface area contributed by atoms with Crippen LogP contribution in [0, 0.1) is 0 Å². The lowest BCUT2D eigenvalue weighted by Crippen LogP contribution is -2.13. The molecular weight excluding hydrogens is 286 g/mol. The van der Waals surface area contributed by atoms with E-state index in [0.29, 0.717) is 18.1 Å². The maximum absolute atomic E-state index is 6.30. The number of hydrogen-bond acceptors (Lipinski definition) is 4. The van der Waals surface area contributed by atoms with E-state index >= 15 is 0 Å². The number of halogens is 1. The number of anilines is 1. The topological polar surface area (TPSA) is 68.8 Å². The standard InChI is InChI=1S/C15H16ClN5/c1-21-13-5-3-2-4-12(13)20-15(21)10-8-14(18-7-6-17)19-9-11(10)16/h2-5,8-9H,6-7,17H2,1H3,(H,18,19). The molecule has 1 aromatic carbocycles. The molecule has 0 radical (unpaired) electrons. The molecule has 0 bridgehead atoms. The van der Waals surface area contributed by atoms with Crippen LogP contribution in [0.3, 0.4) is 0 Å². The Kier molecular flexibility index (Phi) is 3.77. The first kappa shape index (κ1) is 13.9. The maximum atomic E-state index is 6.30. The first-order valence-corrected chi connectivity index (χ1v) is 7.10.